The molecule has 8 nitrogen and oxygen atoms in total. The number of nitrogens with one attached hydrogen (secondary N) is 1. The quantitative estimate of drug-likeness (QED) is 0.800. The van der Waals surface area contributed by atoms with Crippen molar-refractivity contribution in [2.24, 2.45) is 0 Å². The molecule has 3 amide bonds. The first-order valence-electron chi connectivity index (χ1n) is 9.80. The molecule has 150 valence electrons. The van der Waals surface area contributed by atoms with Gasteiger partial charge in [-0.25, -0.2) is 19.7 Å². The molecule has 3 aliphatic rings. The lowest BCUT2D eigenvalue weighted by Crippen LogP contribution is -2.43. The van der Waals surface area contributed by atoms with Gasteiger partial charge in [-0.05, 0) is 50.3 Å². The number of fused-ring (bicyclic) bond motifs is 2. The van der Waals surface area contributed by atoms with Gasteiger partial charge in [0.2, 0.25) is 0 Å². The molecular weight excluding hydrogens is 372 g/mol. The fraction of sp³-hybridized carbons (Fsp3) is 0.429. The zero-order valence-corrected chi connectivity index (χ0v) is 16.6. The number of rotatable bonds is 4. The molecule has 1 spiro atoms. The molecular formula is C21H22N4O4. The van der Waals surface area contributed by atoms with E-state index < -0.39 is 11.6 Å². The summed E-state index contributed by atoms with van der Waals surface area (Å²) in [6, 6.07) is 3.62. The topological polar surface area (TPSA) is 93.7 Å². The number of urea groups is 1. The zero-order valence-electron chi connectivity index (χ0n) is 16.6. The Bertz CT molecular complexity index is 1030. The monoisotopic (exact) mass is 394 g/mol. The average Bonchev–Trinajstić information content (AvgIpc) is 3.32. The molecule has 8 heteroatoms. The number of nitrogens with zero attached hydrogens (tertiary/aromatic N) is 3. The number of aryl methyl sites for hydroxylation is 1. The molecule has 2 aliphatic heterocycles. The standard InChI is InChI=1S/C21H22N4O4/c1-4-20(3)17(26)25(19(27)24-20)13-9-22-18(23-10-13)29-15-6-5-12(2)14-11-28-21(7-8-21)16(14)15/h5-6,9-10H,4,7-8,11H2,1-3H3,(H,24,27)/t20-/m1/s1. The molecule has 0 radical (unpaired) electrons. The van der Waals surface area contributed by atoms with Gasteiger partial charge < -0.3 is 14.8 Å². The Balaban J connectivity index is 1.41. The predicted molar refractivity (Wildman–Crippen MR) is 104 cm³/mol. The fourth-order valence-corrected chi connectivity index (χ4v) is 4.03. The van der Waals surface area contributed by atoms with Crippen LogP contribution in [0.25, 0.3) is 0 Å². The molecule has 1 saturated heterocycles. The third-order valence-electron chi connectivity index (χ3n) is 6.20. The Morgan fingerprint density at radius 2 is 1.97 bits per heavy atom. The van der Waals surface area contributed by atoms with Crippen molar-refractivity contribution in [2.75, 3.05) is 4.90 Å². The van der Waals surface area contributed by atoms with Crippen molar-refractivity contribution >= 4 is 17.6 Å². The van der Waals surface area contributed by atoms with Gasteiger partial charge in [0.15, 0.2) is 0 Å². The summed E-state index contributed by atoms with van der Waals surface area (Å²) in [6.07, 6.45) is 5.33. The van der Waals surface area contributed by atoms with E-state index in [0.29, 0.717) is 24.5 Å². The van der Waals surface area contributed by atoms with Crippen LogP contribution >= 0.6 is 0 Å². The van der Waals surface area contributed by atoms with E-state index >= 15 is 0 Å². The number of anilines is 1. The van der Waals surface area contributed by atoms with Crippen molar-refractivity contribution in [1.82, 2.24) is 15.3 Å². The first-order valence-corrected chi connectivity index (χ1v) is 9.80. The minimum absolute atomic E-state index is 0.160. The molecule has 1 N–H and O–H groups in total. The summed E-state index contributed by atoms with van der Waals surface area (Å²) in [7, 11) is 0. The Hall–Kier alpha value is -3.00. The molecule has 5 rings (SSSR count). The van der Waals surface area contributed by atoms with Crippen LogP contribution in [0.15, 0.2) is 24.5 Å². The van der Waals surface area contributed by atoms with Crippen LogP contribution in [-0.4, -0.2) is 27.4 Å². The van der Waals surface area contributed by atoms with Crippen molar-refractivity contribution in [1.29, 1.82) is 0 Å². The van der Waals surface area contributed by atoms with Crippen LogP contribution in [0, 0.1) is 6.92 Å². The summed E-state index contributed by atoms with van der Waals surface area (Å²) in [6.45, 7) is 6.23. The number of ether oxygens (including phenoxy) is 2. The summed E-state index contributed by atoms with van der Waals surface area (Å²) in [5.41, 5.74) is 2.64. The zero-order chi connectivity index (χ0) is 20.4. The Labute approximate surface area is 168 Å². The van der Waals surface area contributed by atoms with Crippen molar-refractivity contribution in [3.05, 3.63) is 41.2 Å². The summed E-state index contributed by atoms with van der Waals surface area (Å²) in [5.74, 6) is 0.383. The highest BCUT2D eigenvalue weighted by Crippen LogP contribution is 2.58. The van der Waals surface area contributed by atoms with Gasteiger partial charge in [-0.1, -0.05) is 13.0 Å². The maximum atomic E-state index is 12.6. The van der Waals surface area contributed by atoms with Crippen molar-refractivity contribution in [3.8, 4) is 11.8 Å². The molecule has 1 atom stereocenters. The molecule has 1 aromatic heterocycles. The predicted octanol–water partition coefficient (Wildman–Crippen LogP) is 3.32. The van der Waals surface area contributed by atoms with Crippen LogP contribution in [0.1, 0.15) is 49.8 Å². The van der Waals surface area contributed by atoms with Crippen LogP contribution in [0.2, 0.25) is 0 Å². The first-order chi connectivity index (χ1) is 13.9. The normalized spacial score (nSPS) is 24.0. The second-order valence-electron chi connectivity index (χ2n) is 8.10. The molecule has 2 aromatic rings. The number of hydrogen-bond acceptors (Lipinski definition) is 6. The van der Waals surface area contributed by atoms with E-state index in [1.807, 2.05) is 19.1 Å². The minimum atomic E-state index is -0.909. The highest BCUT2D eigenvalue weighted by molar-refractivity contribution is 6.23. The van der Waals surface area contributed by atoms with E-state index in [9.17, 15) is 9.59 Å². The molecule has 0 bridgehead atoms. The molecule has 2 fully saturated rings. The largest absolute Gasteiger partial charge is 0.424 e. The lowest BCUT2D eigenvalue weighted by molar-refractivity contribution is -0.121. The molecule has 1 saturated carbocycles. The highest BCUT2D eigenvalue weighted by Gasteiger charge is 2.53. The number of imide groups is 1. The number of carbonyl (C=O) groups excluding carboxylic acids is 2. The van der Waals surface area contributed by atoms with Crippen LogP contribution in [0.5, 0.6) is 11.8 Å². The van der Waals surface area contributed by atoms with Gasteiger partial charge >= 0.3 is 12.0 Å². The van der Waals surface area contributed by atoms with Crippen LogP contribution in [-0.2, 0) is 21.7 Å². The lowest BCUT2D eigenvalue weighted by atomic mass is 9.98. The number of aromatic nitrogens is 2. The van der Waals surface area contributed by atoms with Gasteiger partial charge in [0.25, 0.3) is 5.91 Å². The molecule has 1 aliphatic carbocycles. The van der Waals surface area contributed by atoms with Crippen LogP contribution < -0.4 is 15.0 Å². The van der Waals surface area contributed by atoms with Crippen LogP contribution in [0.4, 0.5) is 10.5 Å². The Morgan fingerprint density at radius 1 is 1.24 bits per heavy atom. The van der Waals surface area contributed by atoms with Gasteiger partial charge in [0, 0.05) is 5.56 Å². The third kappa shape index (κ3) is 2.62. The van der Waals surface area contributed by atoms with Gasteiger partial charge in [-0.3, -0.25) is 4.79 Å². The third-order valence-corrected chi connectivity index (χ3v) is 6.20. The second-order valence-corrected chi connectivity index (χ2v) is 8.10. The maximum absolute atomic E-state index is 12.6. The van der Waals surface area contributed by atoms with Crippen molar-refractivity contribution in [3.63, 3.8) is 0 Å². The average molecular weight is 394 g/mol. The summed E-state index contributed by atoms with van der Waals surface area (Å²) >= 11 is 0. The molecule has 0 unspecified atom stereocenters. The van der Waals surface area contributed by atoms with Crippen molar-refractivity contribution < 1.29 is 19.1 Å². The van der Waals surface area contributed by atoms with Gasteiger partial charge in [-0.2, -0.15) is 0 Å². The first kappa shape index (κ1) is 18.1. The Kier molecular flexibility index (Phi) is 3.73. The maximum Gasteiger partial charge on any atom is 0.329 e. The lowest BCUT2D eigenvalue weighted by Gasteiger charge is -2.19. The van der Waals surface area contributed by atoms with E-state index in [1.54, 1.807) is 6.92 Å². The van der Waals surface area contributed by atoms with E-state index in [-0.39, 0.29) is 17.5 Å². The SMILES string of the molecule is CC[C@@]1(C)NC(=O)N(c2cnc(Oc3ccc(C)c4c3C3(CC3)OC4)nc2)C1=O. The van der Waals surface area contributed by atoms with E-state index in [4.69, 9.17) is 9.47 Å². The molecule has 3 heterocycles. The van der Waals surface area contributed by atoms with E-state index in [1.165, 1.54) is 23.5 Å². The van der Waals surface area contributed by atoms with Gasteiger partial charge in [0.05, 0.1) is 30.3 Å². The smallest absolute Gasteiger partial charge is 0.329 e. The highest BCUT2D eigenvalue weighted by atomic mass is 16.5. The van der Waals surface area contributed by atoms with Crippen LogP contribution in [0.3, 0.4) is 0 Å². The number of carbonyl (C=O) groups is 2. The molecule has 1 aromatic carbocycles. The Morgan fingerprint density at radius 3 is 2.59 bits per heavy atom. The number of benzene rings is 1. The second kappa shape index (κ2) is 6.00. The molecule has 29 heavy (non-hydrogen) atoms. The fourth-order valence-electron chi connectivity index (χ4n) is 4.03. The number of amides is 3. The van der Waals surface area contributed by atoms with E-state index in [0.717, 1.165) is 23.3 Å². The van der Waals surface area contributed by atoms with Gasteiger partial charge in [-0.15, -0.1) is 0 Å². The van der Waals surface area contributed by atoms with E-state index in [2.05, 4.69) is 22.2 Å². The summed E-state index contributed by atoms with van der Waals surface area (Å²) in [5, 5.41) is 2.72. The summed E-state index contributed by atoms with van der Waals surface area (Å²) in [4.78, 5) is 34.4. The van der Waals surface area contributed by atoms with Gasteiger partial charge in [0.1, 0.15) is 11.3 Å². The summed E-state index contributed by atoms with van der Waals surface area (Å²) < 4.78 is 12.0. The number of hydrogen-bond donors (Lipinski definition) is 1. The van der Waals surface area contributed by atoms with Crippen molar-refractivity contribution in [2.45, 2.75) is 57.8 Å². The minimum Gasteiger partial charge on any atom is -0.424 e.